The van der Waals surface area contributed by atoms with Crippen LogP contribution in [0.5, 0.6) is 0 Å². The molecule has 1 rings (SSSR count). The van der Waals surface area contributed by atoms with E-state index in [-0.39, 0.29) is 17.3 Å². The van der Waals surface area contributed by atoms with E-state index in [0.717, 1.165) is 0 Å². The van der Waals surface area contributed by atoms with E-state index in [1.54, 1.807) is 32.6 Å². The van der Waals surface area contributed by atoms with Gasteiger partial charge >= 0.3 is 81.3 Å². The summed E-state index contributed by atoms with van der Waals surface area (Å²) < 4.78 is 4.26. The second kappa shape index (κ2) is 3.83. The van der Waals surface area contributed by atoms with Gasteiger partial charge in [0.1, 0.15) is 0 Å². The van der Waals surface area contributed by atoms with Gasteiger partial charge in [-0.15, -0.1) is 0 Å². The zero-order valence-corrected chi connectivity index (χ0v) is 8.10. The van der Waals surface area contributed by atoms with Crippen LogP contribution < -0.4 is 0 Å². The fraction of sp³-hybridized carbons (Fsp3) is 0.250. The van der Waals surface area contributed by atoms with Gasteiger partial charge in [0.25, 0.3) is 0 Å². The maximum atomic E-state index is 11.3. The average Bonchev–Trinajstić information content (AvgIpc) is 2.53. The standard InChI is InChI=1S/C8H7O3.Ti/c1-6(9)5-7(10)8-3-2-4-11-8;/h2-5H,1H3;. The van der Waals surface area contributed by atoms with Crippen molar-refractivity contribution in [2.24, 2.45) is 0 Å². The molecule has 0 saturated carbocycles. The topological polar surface area (TPSA) is 47.3 Å². The number of carbonyl (C=O) groups excluding carboxylic acids is 2. The molecule has 0 N–H and O–H groups in total. The summed E-state index contributed by atoms with van der Waals surface area (Å²) in [7, 11) is 0. The van der Waals surface area contributed by atoms with Gasteiger partial charge in [0.15, 0.2) is 0 Å². The third-order valence-corrected chi connectivity index (χ3v) is 2.48. The van der Waals surface area contributed by atoms with Gasteiger partial charge < -0.3 is 0 Å². The molecule has 61 valence electrons. The molecule has 0 aliphatic carbocycles. The summed E-state index contributed by atoms with van der Waals surface area (Å²) in [6, 6.07) is 3.18. The summed E-state index contributed by atoms with van der Waals surface area (Å²) in [6.07, 6.45) is 1.42. The Hall–Kier alpha value is -0.666. The molecule has 1 aromatic rings. The van der Waals surface area contributed by atoms with Crippen molar-refractivity contribution >= 4 is 11.6 Å². The molecule has 0 aromatic carbocycles. The van der Waals surface area contributed by atoms with Crippen LogP contribution in [0.2, 0.25) is 4.22 Å². The van der Waals surface area contributed by atoms with Crippen LogP contribution in [0.4, 0.5) is 0 Å². The number of ketones is 2. The van der Waals surface area contributed by atoms with E-state index >= 15 is 0 Å². The number of hydrogen-bond acceptors (Lipinski definition) is 3. The van der Waals surface area contributed by atoms with E-state index in [9.17, 15) is 9.59 Å². The molecule has 0 radical (unpaired) electrons. The quantitative estimate of drug-likeness (QED) is 0.419. The minimum absolute atomic E-state index is 0.142. The third-order valence-electron chi connectivity index (χ3n) is 1.43. The molecule has 0 aliphatic heterocycles. The molecule has 0 spiro atoms. The number of furan rings is 1. The van der Waals surface area contributed by atoms with Gasteiger partial charge in [0.05, 0.1) is 0 Å². The average molecular weight is 199 g/mol. The first-order chi connectivity index (χ1) is 5.63. The molecule has 0 amide bonds. The van der Waals surface area contributed by atoms with Crippen molar-refractivity contribution in [2.75, 3.05) is 0 Å². The second-order valence-corrected chi connectivity index (χ2v) is 3.29. The van der Waals surface area contributed by atoms with Gasteiger partial charge in [0.2, 0.25) is 0 Å². The van der Waals surface area contributed by atoms with E-state index in [0.29, 0.717) is 0 Å². The number of rotatable bonds is 3. The molecule has 0 saturated heterocycles. The van der Waals surface area contributed by atoms with Crippen molar-refractivity contribution in [1.82, 2.24) is 0 Å². The van der Waals surface area contributed by atoms with Gasteiger partial charge in [0, 0.05) is 0 Å². The summed E-state index contributed by atoms with van der Waals surface area (Å²) in [4.78, 5) is 22.2. The molecule has 3 nitrogen and oxygen atoms in total. The number of Topliss-reactive ketones (excluding diaryl/α,β-unsaturated/α-hetero) is 2. The van der Waals surface area contributed by atoms with Crippen LogP contribution >= 0.6 is 0 Å². The summed E-state index contributed by atoms with van der Waals surface area (Å²) >= 11 is 1.58. The Bertz CT molecular complexity index is 289. The Morgan fingerprint density at radius 2 is 2.25 bits per heavy atom. The molecular weight excluding hydrogens is 192 g/mol. The van der Waals surface area contributed by atoms with Gasteiger partial charge in [-0.1, -0.05) is 0 Å². The molecular formula is C8H7O3Ti. The molecule has 1 atom stereocenters. The van der Waals surface area contributed by atoms with Crippen molar-refractivity contribution in [1.29, 1.82) is 0 Å². The van der Waals surface area contributed by atoms with Crippen LogP contribution in [0.15, 0.2) is 22.8 Å². The van der Waals surface area contributed by atoms with Gasteiger partial charge in [-0.2, -0.15) is 0 Å². The predicted octanol–water partition coefficient (Wildman–Crippen LogP) is 1.39. The van der Waals surface area contributed by atoms with Gasteiger partial charge in [-0.05, 0) is 0 Å². The Morgan fingerprint density at radius 1 is 1.58 bits per heavy atom. The first kappa shape index (κ1) is 9.42. The molecule has 0 bridgehead atoms. The van der Waals surface area contributed by atoms with Crippen LogP contribution in [0.3, 0.4) is 0 Å². The van der Waals surface area contributed by atoms with Gasteiger partial charge in [-0.25, -0.2) is 0 Å². The van der Waals surface area contributed by atoms with Crippen molar-refractivity contribution in [2.45, 2.75) is 11.1 Å². The predicted molar refractivity (Wildman–Crippen MR) is 37.5 cm³/mol. The Labute approximate surface area is 81.5 Å². The molecule has 1 unspecified atom stereocenters. The van der Waals surface area contributed by atoms with Crippen molar-refractivity contribution in [3.63, 3.8) is 0 Å². The Kier molecular flexibility index (Phi) is 3.01. The first-order valence-corrected chi connectivity index (χ1v) is 4.32. The van der Waals surface area contributed by atoms with Gasteiger partial charge in [-0.3, -0.25) is 0 Å². The molecule has 0 aliphatic rings. The monoisotopic (exact) mass is 199 g/mol. The summed E-state index contributed by atoms with van der Waals surface area (Å²) in [6.45, 7) is 1.39. The Morgan fingerprint density at radius 3 is 2.67 bits per heavy atom. The van der Waals surface area contributed by atoms with E-state index in [1.807, 2.05) is 0 Å². The molecule has 4 heteroatoms. The second-order valence-electron chi connectivity index (χ2n) is 2.39. The molecule has 1 aromatic heterocycles. The van der Waals surface area contributed by atoms with E-state index in [2.05, 4.69) is 0 Å². The third kappa shape index (κ3) is 1.93. The van der Waals surface area contributed by atoms with E-state index in [4.69, 9.17) is 4.42 Å². The molecule has 1 heterocycles. The normalized spacial score (nSPS) is 12.3. The summed E-state index contributed by atoms with van der Waals surface area (Å²) in [5.41, 5.74) is 0. The van der Waals surface area contributed by atoms with E-state index < -0.39 is 4.22 Å². The van der Waals surface area contributed by atoms with Crippen LogP contribution in [0.1, 0.15) is 17.5 Å². The number of carbonyl (C=O) groups is 2. The van der Waals surface area contributed by atoms with E-state index in [1.165, 1.54) is 13.2 Å². The van der Waals surface area contributed by atoms with Crippen molar-refractivity contribution in [3.05, 3.63) is 24.2 Å². The zero-order valence-electron chi connectivity index (χ0n) is 6.53. The van der Waals surface area contributed by atoms with Crippen LogP contribution in [0.25, 0.3) is 0 Å². The van der Waals surface area contributed by atoms with Crippen molar-refractivity contribution in [3.8, 4) is 0 Å². The maximum absolute atomic E-state index is 11.3. The van der Waals surface area contributed by atoms with Crippen LogP contribution in [-0.4, -0.2) is 11.6 Å². The zero-order chi connectivity index (χ0) is 9.14. The fourth-order valence-corrected chi connectivity index (χ4v) is 0.968. The fourth-order valence-electron chi connectivity index (χ4n) is 0.746. The van der Waals surface area contributed by atoms with Crippen LogP contribution in [0, 0.1) is 0 Å². The molecule has 0 fully saturated rings. The summed E-state index contributed by atoms with van der Waals surface area (Å²) in [5.74, 6) is -0.151. The summed E-state index contributed by atoms with van der Waals surface area (Å²) in [5, 5.41) is 0. The van der Waals surface area contributed by atoms with Crippen LogP contribution in [-0.2, 0) is 25.2 Å². The SMILES string of the molecule is CC(=O)[CH]([Ti])C(=O)c1ccco1. The first-order valence-electron chi connectivity index (χ1n) is 3.42. The minimum atomic E-state index is -0.601. The van der Waals surface area contributed by atoms with Crippen molar-refractivity contribution < 1.29 is 34.4 Å². The molecule has 12 heavy (non-hydrogen) atoms. The Balaban J connectivity index is 2.79. The number of hydrogen-bond donors (Lipinski definition) is 0.